The molecule has 1 aromatic rings. The van der Waals surface area contributed by atoms with Crippen LogP contribution in [0.3, 0.4) is 0 Å². The van der Waals surface area contributed by atoms with Gasteiger partial charge in [0.05, 0.1) is 25.6 Å². The lowest BCUT2D eigenvalue weighted by atomic mass is 9.98. The Hall–Kier alpha value is -3.16. The number of likely N-dealkylation sites (tertiary alicyclic amines) is 1. The lowest BCUT2D eigenvalue weighted by molar-refractivity contribution is -0.152. The van der Waals surface area contributed by atoms with Crippen LogP contribution in [-0.2, 0) is 23.9 Å². The monoisotopic (exact) mass is 415 g/mol. The highest BCUT2D eigenvalue weighted by molar-refractivity contribution is 5.94. The Labute approximate surface area is 176 Å². The number of carbonyl (C=O) groups is 4. The Morgan fingerprint density at radius 1 is 1.23 bits per heavy atom. The fourth-order valence-electron chi connectivity index (χ4n) is 3.14. The molecule has 162 valence electrons. The van der Waals surface area contributed by atoms with Gasteiger partial charge in [0.15, 0.2) is 0 Å². The van der Waals surface area contributed by atoms with Gasteiger partial charge in [0.1, 0.15) is 0 Å². The van der Waals surface area contributed by atoms with E-state index >= 15 is 0 Å². The van der Waals surface area contributed by atoms with Crippen LogP contribution in [-0.4, -0.2) is 73.3 Å². The molecule has 0 radical (unpaired) electrons. The average molecular weight is 415 g/mol. The number of nitrogens with zero attached hydrogens (tertiary/aromatic N) is 2. The van der Waals surface area contributed by atoms with Crippen LogP contribution >= 0.6 is 0 Å². The van der Waals surface area contributed by atoms with E-state index < -0.39 is 0 Å². The van der Waals surface area contributed by atoms with Crippen LogP contribution in [0.15, 0.2) is 36.4 Å². The van der Waals surface area contributed by atoms with Gasteiger partial charge in [-0.05, 0) is 31.4 Å². The fourth-order valence-corrected chi connectivity index (χ4v) is 3.14. The number of ether oxygens (including phenoxy) is 1. The van der Waals surface area contributed by atoms with Crippen molar-refractivity contribution >= 4 is 29.8 Å². The molecule has 1 fully saturated rings. The van der Waals surface area contributed by atoms with Crippen LogP contribution in [0.4, 0.5) is 0 Å². The maximum atomic E-state index is 12.5. The van der Waals surface area contributed by atoms with Crippen LogP contribution in [0, 0.1) is 5.92 Å². The minimum Gasteiger partial charge on any atom is -0.466 e. The van der Waals surface area contributed by atoms with E-state index in [1.54, 1.807) is 17.9 Å². The van der Waals surface area contributed by atoms with E-state index in [9.17, 15) is 19.2 Å². The van der Waals surface area contributed by atoms with Crippen molar-refractivity contribution in [3.63, 3.8) is 0 Å². The van der Waals surface area contributed by atoms with Crippen molar-refractivity contribution in [2.45, 2.75) is 19.8 Å². The first-order valence-electron chi connectivity index (χ1n) is 10.1. The molecular weight excluding hydrogens is 386 g/mol. The molecule has 0 bridgehead atoms. The highest BCUT2D eigenvalue weighted by Crippen LogP contribution is 2.18. The predicted octanol–water partition coefficient (Wildman–Crippen LogP) is 1.08. The summed E-state index contributed by atoms with van der Waals surface area (Å²) in [5.41, 5.74) is 0.879. The number of likely N-dealkylation sites (N-methyl/N-ethyl adjacent to an activating group) is 1. The van der Waals surface area contributed by atoms with Crippen molar-refractivity contribution in [2.75, 3.05) is 39.8 Å². The van der Waals surface area contributed by atoms with Gasteiger partial charge in [-0.15, -0.1) is 0 Å². The smallest absolute Gasteiger partial charge is 0.310 e. The van der Waals surface area contributed by atoms with E-state index in [2.05, 4.69) is 5.32 Å². The Morgan fingerprint density at radius 2 is 1.97 bits per heavy atom. The highest BCUT2D eigenvalue weighted by Gasteiger charge is 2.30. The van der Waals surface area contributed by atoms with Crippen molar-refractivity contribution in [3.05, 3.63) is 42.0 Å². The molecule has 2 rings (SSSR count). The summed E-state index contributed by atoms with van der Waals surface area (Å²) >= 11 is 0. The first kappa shape index (κ1) is 23.1. The molecule has 1 unspecified atom stereocenters. The minimum atomic E-state index is -0.389. The van der Waals surface area contributed by atoms with Gasteiger partial charge in [-0.2, -0.15) is 0 Å². The maximum absolute atomic E-state index is 12.5. The fraction of sp³-hybridized carbons (Fsp3) is 0.455. The molecule has 30 heavy (non-hydrogen) atoms. The molecule has 0 aliphatic carbocycles. The molecule has 1 atom stereocenters. The standard InChI is InChI=1S/C22H29N3O5/c1-3-30-22(29)18-10-7-13-25(15-18)21(28)16-24(2)20(27)14-23-19(26)12-11-17-8-5-4-6-9-17/h4-6,8-9,11-12,18H,3,7,10,13-16H2,1-2H3,(H,23,26)/b12-11+. The molecule has 8 nitrogen and oxygen atoms in total. The number of hydrogen-bond donors (Lipinski definition) is 1. The zero-order valence-corrected chi connectivity index (χ0v) is 17.5. The summed E-state index contributed by atoms with van der Waals surface area (Å²) in [5.74, 6) is -1.59. The molecule has 0 aromatic heterocycles. The van der Waals surface area contributed by atoms with Crippen LogP contribution in [0.25, 0.3) is 6.08 Å². The van der Waals surface area contributed by atoms with Crippen LogP contribution in [0.1, 0.15) is 25.3 Å². The van der Waals surface area contributed by atoms with Crippen LogP contribution < -0.4 is 5.32 Å². The number of nitrogens with one attached hydrogen (secondary N) is 1. The molecule has 0 saturated carbocycles. The molecule has 1 heterocycles. The lowest BCUT2D eigenvalue weighted by Crippen LogP contribution is -2.48. The van der Waals surface area contributed by atoms with Gasteiger partial charge < -0.3 is 19.9 Å². The van der Waals surface area contributed by atoms with Gasteiger partial charge in [-0.3, -0.25) is 19.2 Å². The summed E-state index contributed by atoms with van der Waals surface area (Å²) in [7, 11) is 1.51. The van der Waals surface area contributed by atoms with Gasteiger partial charge >= 0.3 is 5.97 Å². The van der Waals surface area contributed by atoms with Gasteiger partial charge in [0.25, 0.3) is 0 Å². The third-order valence-corrected chi connectivity index (χ3v) is 4.83. The SMILES string of the molecule is CCOC(=O)C1CCCN(C(=O)CN(C)C(=O)CNC(=O)/C=C/c2ccccc2)C1. The number of esters is 1. The second-order valence-electron chi connectivity index (χ2n) is 7.14. The maximum Gasteiger partial charge on any atom is 0.310 e. The first-order valence-corrected chi connectivity index (χ1v) is 10.1. The largest absolute Gasteiger partial charge is 0.466 e. The number of rotatable bonds is 8. The summed E-state index contributed by atoms with van der Waals surface area (Å²) in [4.78, 5) is 51.4. The van der Waals surface area contributed by atoms with Crippen molar-refractivity contribution < 1.29 is 23.9 Å². The lowest BCUT2D eigenvalue weighted by Gasteiger charge is -2.32. The quantitative estimate of drug-likeness (QED) is 0.506. The Bertz CT molecular complexity index is 778. The van der Waals surface area contributed by atoms with Gasteiger partial charge in [0.2, 0.25) is 17.7 Å². The number of benzene rings is 1. The zero-order chi connectivity index (χ0) is 21.9. The molecule has 8 heteroatoms. The average Bonchev–Trinajstić information content (AvgIpc) is 2.76. The topological polar surface area (TPSA) is 96.0 Å². The Kier molecular flexibility index (Phi) is 9.05. The first-order chi connectivity index (χ1) is 14.4. The second-order valence-corrected chi connectivity index (χ2v) is 7.14. The van der Waals surface area contributed by atoms with Gasteiger partial charge in [-0.25, -0.2) is 0 Å². The van der Waals surface area contributed by atoms with E-state index in [0.717, 1.165) is 12.0 Å². The molecule has 1 aliphatic rings. The van der Waals surface area contributed by atoms with Crippen molar-refractivity contribution in [2.24, 2.45) is 5.92 Å². The van der Waals surface area contributed by atoms with E-state index in [-0.39, 0.29) is 42.7 Å². The van der Waals surface area contributed by atoms with Crippen molar-refractivity contribution in [1.82, 2.24) is 15.1 Å². The summed E-state index contributed by atoms with van der Waals surface area (Å²) in [6.07, 6.45) is 4.43. The Balaban J connectivity index is 1.76. The molecule has 1 aromatic carbocycles. The molecule has 1 aliphatic heterocycles. The number of hydrogen-bond acceptors (Lipinski definition) is 5. The van der Waals surface area contributed by atoms with Crippen LogP contribution in [0.5, 0.6) is 0 Å². The normalized spacial score (nSPS) is 16.2. The van der Waals surface area contributed by atoms with E-state index in [1.165, 1.54) is 18.0 Å². The second kappa shape index (κ2) is 11.7. The van der Waals surface area contributed by atoms with Gasteiger partial charge in [0, 0.05) is 26.2 Å². The van der Waals surface area contributed by atoms with E-state index in [4.69, 9.17) is 4.74 Å². The third-order valence-electron chi connectivity index (χ3n) is 4.83. The molecule has 1 N–H and O–H groups in total. The molecule has 3 amide bonds. The van der Waals surface area contributed by atoms with Crippen molar-refractivity contribution in [1.29, 1.82) is 0 Å². The summed E-state index contributed by atoms with van der Waals surface area (Å²) in [6, 6.07) is 9.34. The van der Waals surface area contributed by atoms with Crippen LogP contribution in [0.2, 0.25) is 0 Å². The molecular formula is C22H29N3O5. The van der Waals surface area contributed by atoms with Crippen molar-refractivity contribution in [3.8, 4) is 0 Å². The predicted molar refractivity (Wildman–Crippen MR) is 112 cm³/mol. The van der Waals surface area contributed by atoms with Gasteiger partial charge in [-0.1, -0.05) is 30.3 Å². The highest BCUT2D eigenvalue weighted by atomic mass is 16.5. The van der Waals surface area contributed by atoms with E-state index in [1.807, 2.05) is 30.3 Å². The third kappa shape index (κ3) is 7.35. The molecule has 1 saturated heterocycles. The summed E-state index contributed by atoms with van der Waals surface area (Å²) in [6.45, 7) is 2.61. The number of amides is 3. The molecule has 0 spiro atoms. The number of piperidine rings is 1. The van der Waals surface area contributed by atoms with E-state index in [0.29, 0.717) is 26.1 Å². The summed E-state index contributed by atoms with van der Waals surface area (Å²) in [5, 5.41) is 2.52. The zero-order valence-electron chi connectivity index (χ0n) is 17.5. The Morgan fingerprint density at radius 3 is 2.67 bits per heavy atom. The minimum absolute atomic E-state index is 0.107. The summed E-state index contributed by atoms with van der Waals surface area (Å²) < 4.78 is 5.04. The number of carbonyl (C=O) groups excluding carboxylic acids is 4.